The van der Waals surface area contributed by atoms with Crippen molar-refractivity contribution in [1.82, 2.24) is 25.3 Å². The summed E-state index contributed by atoms with van der Waals surface area (Å²) in [6.07, 6.45) is 0.269. The number of amides is 3. The topological polar surface area (TPSA) is 122 Å². The van der Waals surface area contributed by atoms with Crippen molar-refractivity contribution in [3.05, 3.63) is 10.6 Å². The van der Waals surface area contributed by atoms with Crippen LogP contribution in [0.3, 0.4) is 0 Å². The molecule has 0 aliphatic carbocycles. The number of hydrogen-bond acceptors (Lipinski definition) is 7. The van der Waals surface area contributed by atoms with Gasteiger partial charge in [-0.25, -0.2) is 13.6 Å². The van der Waals surface area contributed by atoms with Crippen LogP contribution < -0.4 is 10.6 Å². The standard InChI is InChI=1S/C23H33F2N5O5S/c1-11-17-16(12(2)27-15(31)9-29-6-5-23(24,25)10-29)21(33)30(17)18(22(34)35)19(11)36-13-7-14(26-8-13)20(32)28(3)4/h11-14,16-17,26H,5-10H2,1-4H3,(H,27,31)(H,34,35)/t11-,12?,13+,14+,16-,17-/m1/s1. The largest absolute Gasteiger partial charge is 0.477 e. The molecule has 4 heterocycles. The summed E-state index contributed by atoms with van der Waals surface area (Å²) in [5.74, 6) is -5.69. The summed E-state index contributed by atoms with van der Waals surface area (Å²) in [5.41, 5.74) is -0.0287. The van der Waals surface area contributed by atoms with E-state index in [2.05, 4.69) is 10.6 Å². The fourth-order valence-electron chi connectivity index (χ4n) is 5.70. The Labute approximate surface area is 212 Å². The van der Waals surface area contributed by atoms with E-state index < -0.39 is 42.3 Å². The van der Waals surface area contributed by atoms with Gasteiger partial charge in [0.2, 0.25) is 17.7 Å². The lowest BCUT2D eigenvalue weighted by molar-refractivity contribution is -0.158. The molecule has 10 nitrogen and oxygen atoms in total. The Kier molecular flexibility index (Phi) is 7.37. The molecular formula is C23H33F2N5O5S. The number of carboxylic acid groups (broad SMARTS) is 1. The van der Waals surface area contributed by atoms with E-state index in [0.29, 0.717) is 17.9 Å². The molecule has 0 bridgehead atoms. The van der Waals surface area contributed by atoms with Crippen molar-refractivity contribution in [3.8, 4) is 0 Å². The summed E-state index contributed by atoms with van der Waals surface area (Å²) in [6, 6.07) is -1.32. The first-order valence-electron chi connectivity index (χ1n) is 12.1. The second-order valence-corrected chi connectivity index (χ2v) is 11.7. The Morgan fingerprint density at radius 2 is 2.03 bits per heavy atom. The normalized spacial score (nSPS) is 32.3. The molecule has 4 rings (SSSR count). The fraction of sp³-hybridized carbons (Fsp3) is 0.739. The number of likely N-dealkylation sites (tertiary alicyclic amines) is 1. The lowest BCUT2D eigenvalue weighted by Gasteiger charge is -2.47. The van der Waals surface area contributed by atoms with Crippen molar-refractivity contribution in [2.45, 2.75) is 56.0 Å². The Morgan fingerprint density at radius 3 is 2.61 bits per heavy atom. The molecule has 0 radical (unpaired) electrons. The van der Waals surface area contributed by atoms with Crippen LogP contribution in [-0.2, 0) is 19.2 Å². The highest BCUT2D eigenvalue weighted by Gasteiger charge is 2.60. The van der Waals surface area contributed by atoms with Crippen molar-refractivity contribution < 1.29 is 33.1 Å². The number of fused-ring (bicyclic) bond motifs is 1. The van der Waals surface area contributed by atoms with Gasteiger partial charge in [-0.05, 0) is 13.3 Å². The minimum atomic E-state index is -2.79. The first kappa shape index (κ1) is 26.8. The number of rotatable bonds is 8. The number of likely N-dealkylation sites (N-methyl/N-ethyl adjacent to an activating group) is 1. The number of halogens is 2. The summed E-state index contributed by atoms with van der Waals surface area (Å²) < 4.78 is 26.8. The highest BCUT2D eigenvalue weighted by Crippen LogP contribution is 2.51. The number of nitrogens with zero attached hydrogens (tertiary/aromatic N) is 3. The molecule has 6 atom stereocenters. The van der Waals surface area contributed by atoms with Crippen LogP contribution in [-0.4, -0.2) is 113 Å². The third-order valence-electron chi connectivity index (χ3n) is 7.46. The third kappa shape index (κ3) is 4.97. The zero-order chi connectivity index (χ0) is 26.5. The lowest BCUT2D eigenvalue weighted by atomic mass is 9.78. The van der Waals surface area contributed by atoms with E-state index in [-0.39, 0.29) is 54.2 Å². The van der Waals surface area contributed by atoms with E-state index in [1.54, 1.807) is 21.0 Å². The smallest absolute Gasteiger partial charge is 0.353 e. The summed E-state index contributed by atoms with van der Waals surface area (Å²) >= 11 is 1.40. The Hall–Kier alpha value is -2.25. The highest BCUT2D eigenvalue weighted by atomic mass is 32.2. The van der Waals surface area contributed by atoms with E-state index in [0.717, 1.165) is 0 Å². The number of nitrogens with one attached hydrogen (secondary N) is 2. The number of carboxylic acids is 1. The molecule has 13 heteroatoms. The van der Waals surface area contributed by atoms with Gasteiger partial charge in [0.15, 0.2) is 0 Å². The zero-order valence-corrected chi connectivity index (χ0v) is 21.6. The van der Waals surface area contributed by atoms with Crippen molar-refractivity contribution in [1.29, 1.82) is 0 Å². The van der Waals surface area contributed by atoms with Gasteiger partial charge in [-0.2, -0.15) is 0 Å². The zero-order valence-electron chi connectivity index (χ0n) is 20.8. The van der Waals surface area contributed by atoms with Crippen molar-refractivity contribution >= 4 is 35.5 Å². The first-order chi connectivity index (χ1) is 16.8. The Balaban J connectivity index is 1.40. The van der Waals surface area contributed by atoms with Crippen LogP contribution in [0.25, 0.3) is 0 Å². The molecule has 1 unspecified atom stereocenters. The molecule has 0 aromatic heterocycles. The highest BCUT2D eigenvalue weighted by molar-refractivity contribution is 8.03. The van der Waals surface area contributed by atoms with Gasteiger partial charge in [0, 0.05) is 55.7 Å². The van der Waals surface area contributed by atoms with Gasteiger partial charge in [-0.3, -0.25) is 19.3 Å². The predicted molar refractivity (Wildman–Crippen MR) is 128 cm³/mol. The number of carbonyl (C=O) groups excluding carboxylic acids is 3. The molecule has 4 aliphatic heterocycles. The number of thioether (sulfide) groups is 1. The average molecular weight is 530 g/mol. The minimum Gasteiger partial charge on any atom is -0.477 e. The molecule has 0 aromatic rings. The Morgan fingerprint density at radius 1 is 1.33 bits per heavy atom. The summed E-state index contributed by atoms with van der Waals surface area (Å²) in [5, 5.41) is 15.9. The maximum absolute atomic E-state index is 13.4. The van der Waals surface area contributed by atoms with E-state index in [4.69, 9.17) is 0 Å². The molecule has 3 fully saturated rings. The third-order valence-corrected chi connectivity index (χ3v) is 8.97. The number of aliphatic carboxylic acids is 1. The minimum absolute atomic E-state index is 0.0198. The second kappa shape index (κ2) is 9.90. The van der Waals surface area contributed by atoms with Gasteiger partial charge in [-0.15, -0.1) is 11.8 Å². The molecule has 0 spiro atoms. The van der Waals surface area contributed by atoms with Crippen LogP contribution >= 0.6 is 11.8 Å². The van der Waals surface area contributed by atoms with E-state index in [1.807, 2.05) is 6.92 Å². The molecule has 0 saturated carbocycles. The maximum atomic E-state index is 13.4. The summed E-state index contributed by atoms with van der Waals surface area (Å²) in [4.78, 5) is 54.8. The van der Waals surface area contributed by atoms with Crippen LogP contribution in [0, 0.1) is 11.8 Å². The van der Waals surface area contributed by atoms with E-state index in [9.17, 15) is 33.1 Å². The maximum Gasteiger partial charge on any atom is 0.353 e. The molecule has 3 N–H and O–H groups in total. The van der Waals surface area contributed by atoms with Gasteiger partial charge in [0.05, 0.1) is 31.1 Å². The fourth-order valence-corrected chi connectivity index (χ4v) is 7.18. The second-order valence-electron chi connectivity index (χ2n) is 10.4. The van der Waals surface area contributed by atoms with Crippen LogP contribution in [0.2, 0.25) is 0 Å². The molecule has 200 valence electrons. The SMILES string of the molecule is CC(NC(=O)CN1CCC(F)(F)C1)[C@H]1C(=O)N2C(C(=O)O)=C(S[C@@H]3CN[C@H](C(=O)N(C)C)C3)[C@H](C)[C@H]12. The van der Waals surface area contributed by atoms with Gasteiger partial charge in [-0.1, -0.05) is 6.92 Å². The van der Waals surface area contributed by atoms with Gasteiger partial charge >= 0.3 is 5.97 Å². The Bertz CT molecular complexity index is 992. The monoisotopic (exact) mass is 529 g/mol. The van der Waals surface area contributed by atoms with Gasteiger partial charge in [0.25, 0.3) is 5.92 Å². The van der Waals surface area contributed by atoms with Crippen molar-refractivity contribution in [3.63, 3.8) is 0 Å². The van der Waals surface area contributed by atoms with Crippen LogP contribution in [0.4, 0.5) is 8.78 Å². The van der Waals surface area contributed by atoms with Gasteiger partial charge in [0.1, 0.15) is 5.70 Å². The van der Waals surface area contributed by atoms with Crippen LogP contribution in [0.1, 0.15) is 26.7 Å². The molecule has 3 amide bonds. The predicted octanol–water partition coefficient (Wildman–Crippen LogP) is 0.157. The lowest BCUT2D eigenvalue weighted by Crippen LogP contribution is -2.66. The molecule has 4 aliphatic rings. The number of carbonyl (C=O) groups is 4. The first-order valence-corrected chi connectivity index (χ1v) is 13.0. The van der Waals surface area contributed by atoms with E-state index in [1.165, 1.54) is 26.5 Å². The van der Waals surface area contributed by atoms with E-state index >= 15 is 0 Å². The molecular weight excluding hydrogens is 496 g/mol. The molecule has 3 saturated heterocycles. The summed E-state index contributed by atoms with van der Waals surface area (Å²) in [6.45, 7) is 3.60. The van der Waals surface area contributed by atoms with Crippen LogP contribution in [0.15, 0.2) is 10.6 Å². The number of alkyl halides is 2. The van der Waals surface area contributed by atoms with Crippen LogP contribution in [0.5, 0.6) is 0 Å². The average Bonchev–Trinajstić information content (AvgIpc) is 3.43. The summed E-state index contributed by atoms with van der Waals surface area (Å²) in [7, 11) is 3.37. The van der Waals surface area contributed by atoms with Gasteiger partial charge < -0.3 is 25.5 Å². The van der Waals surface area contributed by atoms with Crippen molar-refractivity contribution in [2.24, 2.45) is 11.8 Å². The molecule has 36 heavy (non-hydrogen) atoms. The number of β-lactam (4-membered cyclic amide) rings is 1. The molecule has 0 aromatic carbocycles. The quantitative estimate of drug-likeness (QED) is 0.380. The number of hydrogen-bond donors (Lipinski definition) is 3. The van der Waals surface area contributed by atoms with Crippen molar-refractivity contribution in [2.75, 3.05) is 40.3 Å².